The zero-order valence-electron chi connectivity index (χ0n) is 24.4. The molecule has 3 N–H and O–H groups in total. The van der Waals surface area contributed by atoms with Gasteiger partial charge in [0.1, 0.15) is 5.69 Å². The van der Waals surface area contributed by atoms with E-state index >= 15 is 0 Å². The molecule has 226 valence electrons. The van der Waals surface area contributed by atoms with Crippen molar-refractivity contribution in [2.75, 3.05) is 25.0 Å². The van der Waals surface area contributed by atoms with Crippen LogP contribution in [0.15, 0.2) is 76.7 Å². The summed E-state index contributed by atoms with van der Waals surface area (Å²) in [5.41, 5.74) is 8.54. The monoisotopic (exact) mass is 612 g/mol. The number of rotatable bonds is 9. The molecule has 0 radical (unpaired) electrons. The predicted molar refractivity (Wildman–Crippen MR) is 168 cm³/mol. The molecule has 44 heavy (non-hydrogen) atoms. The maximum absolute atomic E-state index is 12.9. The Hall–Kier alpha value is -4.61. The molecule has 11 heteroatoms. The average Bonchev–Trinajstić information content (AvgIpc) is 3.83. The summed E-state index contributed by atoms with van der Waals surface area (Å²) in [6, 6.07) is 18.1. The summed E-state index contributed by atoms with van der Waals surface area (Å²) in [6.07, 6.45) is 3.98. The van der Waals surface area contributed by atoms with E-state index in [2.05, 4.69) is 16.4 Å². The summed E-state index contributed by atoms with van der Waals surface area (Å²) in [6.45, 7) is 3.09. The lowest BCUT2D eigenvalue weighted by atomic mass is 10.1. The van der Waals surface area contributed by atoms with Crippen molar-refractivity contribution in [3.8, 4) is 22.8 Å². The maximum atomic E-state index is 12.9. The lowest BCUT2D eigenvalue weighted by Crippen LogP contribution is -2.60. The summed E-state index contributed by atoms with van der Waals surface area (Å²) >= 11 is 1.67. The van der Waals surface area contributed by atoms with Gasteiger partial charge in [-0.3, -0.25) is 14.4 Å². The highest BCUT2D eigenvalue weighted by atomic mass is 32.1. The van der Waals surface area contributed by atoms with E-state index in [9.17, 15) is 19.2 Å². The lowest BCUT2D eigenvalue weighted by Gasteiger charge is -2.34. The zero-order chi connectivity index (χ0) is 30.8. The SMILES string of the molecule is CC(=O)[N+]1(c2ccc(-c3cnc(-c4ccc(NC(=O)C5CC(=O)N(CCc6cccs6)C5)cc4)o3)cc2)CCC[C@H]1C(N)=O. The number of nitrogens with one attached hydrogen (secondary N) is 1. The number of nitrogens with two attached hydrogens (primary N) is 1. The zero-order valence-corrected chi connectivity index (χ0v) is 25.2. The first kappa shape index (κ1) is 29.5. The van der Waals surface area contributed by atoms with Crippen molar-refractivity contribution < 1.29 is 23.6 Å². The number of benzene rings is 2. The van der Waals surface area contributed by atoms with Crippen LogP contribution in [0.4, 0.5) is 11.4 Å². The van der Waals surface area contributed by atoms with Crippen LogP contribution in [0.25, 0.3) is 22.8 Å². The minimum atomic E-state index is -0.570. The number of anilines is 1. The molecule has 2 fully saturated rings. The van der Waals surface area contributed by atoms with Crippen LogP contribution >= 0.6 is 11.3 Å². The largest absolute Gasteiger partial charge is 0.436 e. The van der Waals surface area contributed by atoms with E-state index in [1.54, 1.807) is 34.6 Å². The van der Waals surface area contributed by atoms with Gasteiger partial charge in [0, 0.05) is 66.2 Å². The number of hydrogen-bond donors (Lipinski definition) is 2. The third kappa shape index (κ3) is 5.68. The molecule has 4 aromatic rings. The van der Waals surface area contributed by atoms with Crippen LogP contribution in [0.3, 0.4) is 0 Å². The third-order valence-corrected chi connectivity index (χ3v) is 9.66. The molecule has 2 unspecified atom stereocenters. The van der Waals surface area contributed by atoms with Crippen molar-refractivity contribution in [1.82, 2.24) is 14.4 Å². The van der Waals surface area contributed by atoms with Gasteiger partial charge in [-0.25, -0.2) is 14.3 Å². The molecule has 0 saturated carbocycles. The molecular weight excluding hydrogens is 578 g/mol. The molecule has 2 aliphatic heterocycles. The number of carbonyl (C=O) groups excluding carboxylic acids is 4. The molecule has 2 aliphatic rings. The van der Waals surface area contributed by atoms with E-state index in [0.29, 0.717) is 43.4 Å². The molecule has 3 atom stereocenters. The number of aromatic nitrogens is 1. The second-order valence-corrected chi connectivity index (χ2v) is 12.4. The van der Waals surface area contributed by atoms with Gasteiger partial charge >= 0.3 is 5.91 Å². The summed E-state index contributed by atoms with van der Waals surface area (Å²) in [5.74, 6) is -0.137. The Kier molecular flexibility index (Phi) is 8.15. The molecule has 10 nitrogen and oxygen atoms in total. The highest BCUT2D eigenvalue weighted by Gasteiger charge is 2.51. The van der Waals surface area contributed by atoms with Gasteiger partial charge in [-0.1, -0.05) is 6.07 Å². The molecule has 2 saturated heterocycles. The second kappa shape index (κ2) is 12.2. The molecule has 4 amide bonds. The van der Waals surface area contributed by atoms with Crippen molar-refractivity contribution in [3.63, 3.8) is 0 Å². The normalized spacial score (nSPS) is 21.5. The van der Waals surface area contributed by atoms with E-state index in [1.807, 2.05) is 47.8 Å². The molecule has 0 bridgehead atoms. The van der Waals surface area contributed by atoms with E-state index in [4.69, 9.17) is 10.2 Å². The smallest absolute Gasteiger partial charge is 0.316 e. The second-order valence-electron chi connectivity index (χ2n) is 11.4. The molecule has 0 aliphatic carbocycles. The summed E-state index contributed by atoms with van der Waals surface area (Å²) in [7, 11) is 0. The number of oxazole rings is 1. The topological polar surface area (TPSA) is 136 Å². The van der Waals surface area contributed by atoms with Gasteiger partial charge in [0.25, 0.3) is 5.91 Å². The van der Waals surface area contributed by atoms with Crippen LogP contribution < -0.4 is 15.5 Å². The van der Waals surface area contributed by atoms with Crippen molar-refractivity contribution in [2.24, 2.45) is 11.7 Å². The van der Waals surface area contributed by atoms with E-state index in [1.165, 1.54) is 11.8 Å². The lowest BCUT2D eigenvalue weighted by molar-refractivity contribution is -0.134. The minimum absolute atomic E-state index is 0.0113. The molecule has 4 heterocycles. The summed E-state index contributed by atoms with van der Waals surface area (Å²) in [5, 5.41) is 4.95. The molecule has 2 aromatic heterocycles. The fraction of sp³-hybridized carbons (Fsp3) is 0.303. The standard InChI is InChI=1S/C33H33N5O5S/c1-21(39)38(16-2-5-28(38)31(34)41)26-12-8-22(9-13-26)29-19-35-33(43-29)23-6-10-25(11-7-23)36-32(42)24-18-30(40)37(20-24)15-14-27-4-3-17-44-27/h3-4,6-13,17,19,24,28H,2,5,14-16,18,20H2,1H3,(H2-,34,35,36,41,42)/p+1/t24?,28-,38?/m0/s1. The molecular formula is C33H34N5O5S+. The summed E-state index contributed by atoms with van der Waals surface area (Å²) < 4.78 is 5.98. The third-order valence-electron chi connectivity index (χ3n) is 8.72. The predicted octanol–water partition coefficient (Wildman–Crippen LogP) is 4.60. The average molecular weight is 613 g/mol. The van der Waals surface area contributed by atoms with Gasteiger partial charge in [-0.15, -0.1) is 11.3 Å². The number of hydrogen-bond acceptors (Lipinski definition) is 7. The molecule has 0 spiro atoms. The van der Waals surface area contributed by atoms with Crippen LogP contribution in [0.1, 0.15) is 31.1 Å². The van der Waals surface area contributed by atoms with Crippen molar-refractivity contribution in [1.29, 1.82) is 0 Å². The maximum Gasteiger partial charge on any atom is 0.316 e. The number of nitrogens with zero attached hydrogens (tertiary/aromatic N) is 3. The molecule has 2 aromatic carbocycles. The van der Waals surface area contributed by atoms with Crippen molar-refractivity contribution in [2.45, 2.75) is 38.6 Å². The van der Waals surface area contributed by atoms with Crippen LogP contribution in [-0.2, 0) is 25.6 Å². The Morgan fingerprint density at radius 2 is 1.84 bits per heavy atom. The van der Waals surface area contributed by atoms with Gasteiger partial charge in [0.05, 0.1) is 25.6 Å². The Bertz CT molecular complexity index is 1680. The number of carbonyl (C=O) groups is 4. The Labute approximate surface area is 259 Å². The minimum Gasteiger partial charge on any atom is -0.436 e. The summed E-state index contributed by atoms with van der Waals surface area (Å²) in [4.78, 5) is 57.7. The first-order valence-electron chi connectivity index (χ1n) is 14.7. The van der Waals surface area contributed by atoms with Gasteiger partial charge in [0.15, 0.2) is 11.8 Å². The van der Waals surface area contributed by atoms with E-state index in [-0.39, 0.29) is 34.5 Å². The van der Waals surface area contributed by atoms with Gasteiger partial charge in [-0.2, -0.15) is 0 Å². The number of likely N-dealkylation sites (tertiary alicyclic amines) is 2. The molecule has 6 rings (SSSR count). The Balaban J connectivity index is 1.08. The number of amides is 4. The highest BCUT2D eigenvalue weighted by molar-refractivity contribution is 7.09. The Morgan fingerprint density at radius 1 is 1.09 bits per heavy atom. The van der Waals surface area contributed by atoms with Crippen molar-refractivity contribution in [3.05, 3.63) is 77.1 Å². The van der Waals surface area contributed by atoms with Gasteiger partial charge in [0.2, 0.25) is 17.7 Å². The van der Waals surface area contributed by atoms with E-state index in [0.717, 1.165) is 29.7 Å². The fourth-order valence-corrected chi connectivity index (χ4v) is 7.07. The van der Waals surface area contributed by atoms with Gasteiger partial charge in [-0.05, 0) is 54.3 Å². The fourth-order valence-electron chi connectivity index (χ4n) is 6.37. The number of quaternary nitrogens is 1. The Morgan fingerprint density at radius 3 is 2.52 bits per heavy atom. The van der Waals surface area contributed by atoms with E-state index < -0.39 is 11.9 Å². The number of primary amides is 1. The first-order valence-corrected chi connectivity index (χ1v) is 15.6. The number of thiophene rings is 1. The first-order chi connectivity index (χ1) is 21.2. The van der Waals surface area contributed by atoms with Crippen molar-refractivity contribution >= 4 is 46.3 Å². The van der Waals surface area contributed by atoms with Crippen LogP contribution in [-0.4, -0.2) is 59.2 Å². The van der Waals surface area contributed by atoms with Crippen LogP contribution in [0.2, 0.25) is 0 Å². The quantitative estimate of drug-likeness (QED) is 0.265. The van der Waals surface area contributed by atoms with Crippen LogP contribution in [0.5, 0.6) is 0 Å². The van der Waals surface area contributed by atoms with Crippen LogP contribution in [0, 0.1) is 5.92 Å². The highest BCUT2D eigenvalue weighted by Crippen LogP contribution is 2.37. The van der Waals surface area contributed by atoms with Gasteiger partial charge < -0.3 is 20.4 Å².